The minimum Gasteiger partial charge on any atom is -0.307 e. The fourth-order valence-electron chi connectivity index (χ4n) is 3.25. The average molecular weight is 362 g/mol. The van der Waals surface area contributed by atoms with Crippen molar-refractivity contribution in [3.05, 3.63) is 0 Å². The maximum atomic E-state index is 2.34. The Hall–Kier alpha value is 0.250. The van der Waals surface area contributed by atoms with Crippen molar-refractivity contribution in [1.82, 2.24) is 4.90 Å². The molecule has 2 heteroatoms. The number of hydrogen-bond acceptors (Lipinski definition) is 1. The van der Waals surface area contributed by atoms with Crippen molar-refractivity contribution in [3.8, 4) is 0 Å². The van der Waals surface area contributed by atoms with Crippen molar-refractivity contribution in [2.45, 2.75) is 129 Å². The molecule has 0 spiro atoms. The molecule has 0 rings (SSSR count). The third kappa shape index (κ3) is 20.3. The van der Waals surface area contributed by atoms with Crippen LogP contribution in [0.5, 0.6) is 0 Å². The maximum absolute atomic E-state index is 2.34. The molecule has 24 heavy (non-hydrogen) atoms. The van der Waals surface area contributed by atoms with Gasteiger partial charge < -0.3 is 4.90 Å². The zero-order valence-electron chi connectivity index (χ0n) is 17.5. The highest BCUT2D eigenvalue weighted by molar-refractivity contribution is 5.85. The molecule has 0 aromatic rings. The van der Waals surface area contributed by atoms with E-state index in [1.807, 2.05) is 0 Å². The Labute approximate surface area is 160 Å². The highest BCUT2D eigenvalue weighted by Crippen LogP contribution is 2.14. The first kappa shape index (κ1) is 26.5. The summed E-state index contributed by atoms with van der Waals surface area (Å²) >= 11 is 0. The molecule has 0 aliphatic rings. The Kier molecular flexibility index (Phi) is 23.5. The van der Waals surface area contributed by atoms with Gasteiger partial charge in [0.05, 0.1) is 0 Å². The van der Waals surface area contributed by atoms with Crippen LogP contribution in [0, 0.1) is 0 Å². The zero-order valence-corrected chi connectivity index (χ0v) is 18.3. The van der Waals surface area contributed by atoms with Crippen LogP contribution in [0.15, 0.2) is 0 Å². The Morgan fingerprint density at radius 3 is 1.12 bits per heavy atom. The molecule has 0 amide bonds. The number of nitrogens with zero attached hydrogens (tertiary/aromatic N) is 1. The number of halogens is 1. The fourth-order valence-corrected chi connectivity index (χ4v) is 3.25. The van der Waals surface area contributed by atoms with Gasteiger partial charge in [-0.2, -0.15) is 0 Å². The van der Waals surface area contributed by atoms with E-state index in [0.717, 1.165) is 6.04 Å². The van der Waals surface area contributed by atoms with Crippen LogP contribution in [-0.4, -0.2) is 25.0 Å². The van der Waals surface area contributed by atoms with Crippen molar-refractivity contribution in [1.29, 1.82) is 0 Å². The molecule has 1 atom stereocenters. The Morgan fingerprint density at radius 1 is 0.542 bits per heavy atom. The van der Waals surface area contributed by atoms with E-state index in [1.165, 1.54) is 109 Å². The molecule has 0 N–H and O–H groups in total. The summed E-state index contributed by atoms with van der Waals surface area (Å²) in [6.45, 7) is 4.64. The van der Waals surface area contributed by atoms with Gasteiger partial charge in [-0.1, -0.05) is 110 Å². The second-order valence-electron chi connectivity index (χ2n) is 7.90. The summed E-state index contributed by atoms with van der Waals surface area (Å²) in [4.78, 5) is 2.34. The van der Waals surface area contributed by atoms with Gasteiger partial charge in [-0.15, -0.1) is 12.4 Å². The van der Waals surface area contributed by atoms with Gasteiger partial charge in [0.15, 0.2) is 0 Å². The molecule has 0 aromatic carbocycles. The van der Waals surface area contributed by atoms with Crippen LogP contribution < -0.4 is 0 Å². The molecule has 0 bridgehead atoms. The molecule has 0 aliphatic heterocycles. The largest absolute Gasteiger partial charge is 0.307 e. The quantitative estimate of drug-likeness (QED) is 0.223. The highest BCUT2D eigenvalue weighted by atomic mass is 35.5. The van der Waals surface area contributed by atoms with Crippen molar-refractivity contribution in [3.63, 3.8) is 0 Å². The van der Waals surface area contributed by atoms with Gasteiger partial charge >= 0.3 is 0 Å². The maximum Gasteiger partial charge on any atom is 0.00608 e. The van der Waals surface area contributed by atoms with E-state index < -0.39 is 0 Å². The first-order chi connectivity index (χ1) is 11.2. The second kappa shape index (κ2) is 21.3. The molecule has 1 unspecified atom stereocenters. The summed E-state index contributed by atoms with van der Waals surface area (Å²) in [6, 6.07) is 0.752. The smallest absolute Gasteiger partial charge is 0.00608 e. The van der Waals surface area contributed by atoms with E-state index in [2.05, 4.69) is 32.8 Å². The van der Waals surface area contributed by atoms with Gasteiger partial charge in [-0.25, -0.2) is 0 Å². The monoisotopic (exact) mass is 361 g/mol. The Morgan fingerprint density at radius 2 is 0.833 bits per heavy atom. The predicted octanol–water partition coefficient (Wildman–Crippen LogP) is 8.01. The summed E-state index contributed by atoms with van der Waals surface area (Å²) in [5.41, 5.74) is 0. The molecule has 0 saturated heterocycles. The highest BCUT2D eigenvalue weighted by Gasteiger charge is 2.03. The van der Waals surface area contributed by atoms with Gasteiger partial charge in [-0.05, 0) is 27.4 Å². The van der Waals surface area contributed by atoms with Crippen molar-refractivity contribution in [2.24, 2.45) is 0 Å². The third-order valence-electron chi connectivity index (χ3n) is 5.36. The van der Waals surface area contributed by atoms with E-state index >= 15 is 0 Å². The normalized spacial score (nSPS) is 12.4. The number of hydrogen-bond donors (Lipinski definition) is 0. The fraction of sp³-hybridized carbons (Fsp3) is 1.00. The summed E-state index contributed by atoms with van der Waals surface area (Å²) < 4.78 is 0. The van der Waals surface area contributed by atoms with Crippen molar-refractivity contribution >= 4 is 12.4 Å². The van der Waals surface area contributed by atoms with Crippen molar-refractivity contribution in [2.75, 3.05) is 14.1 Å². The first-order valence-electron chi connectivity index (χ1n) is 10.8. The molecule has 1 nitrogen and oxygen atoms in total. The average Bonchev–Trinajstić information content (AvgIpc) is 2.54. The van der Waals surface area contributed by atoms with Gasteiger partial charge in [0, 0.05) is 6.04 Å². The van der Waals surface area contributed by atoms with Gasteiger partial charge in [-0.3, -0.25) is 0 Å². The lowest BCUT2D eigenvalue weighted by molar-refractivity contribution is 0.291. The first-order valence-corrected chi connectivity index (χ1v) is 10.8. The molecular formula is C22H48ClN. The van der Waals surface area contributed by atoms with E-state index in [1.54, 1.807) is 0 Å². The molecule has 0 fully saturated rings. The number of unbranched alkanes of at least 4 members (excludes halogenated alkanes) is 15. The molecular weight excluding hydrogens is 314 g/mol. The van der Waals surface area contributed by atoms with E-state index in [9.17, 15) is 0 Å². The standard InChI is InChI=1S/C22H47N.ClH/c1-5-6-7-8-9-10-11-12-13-14-15-16-17-18-19-20-21-22(2)23(3)4;/h22H,5-21H2,1-4H3;1H. The predicted molar refractivity (Wildman–Crippen MR) is 115 cm³/mol. The van der Waals surface area contributed by atoms with E-state index in [0.29, 0.717) is 0 Å². The molecule has 0 aliphatic carbocycles. The SMILES string of the molecule is CCCCCCCCCCCCCCCCCCC(C)N(C)C.Cl. The minimum atomic E-state index is 0. The van der Waals surface area contributed by atoms with Crippen LogP contribution in [0.2, 0.25) is 0 Å². The van der Waals surface area contributed by atoms with E-state index in [4.69, 9.17) is 0 Å². The molecule has 0 heterocycles. The van der Waals surface area contributed by atoms with Crippen molar-refractivity contribution < 1.29 is 0 Å². The number of rotatable bonds is 18. The van der Waals surface area contributed by atoms with Crippen LogP contribution in [-0.2, 0) is 0 Å². The van der Waals surface area contributed by atoms with Crippen LogP contribution in [0.3, 0.4) is 0 Å². The molecule has 0 saturated carbocycles. The third-order valence-corrected chi connectivity index (χ3v) is 5.36. The van der Waals surface area contributed by atoms with Gasteiger partial charge in [0.25, 0.3) is 0 Å². The lowest BCUT2D eigenvalue weighted by Crippen LogP contribution is -2.24. The Balaban J connectivity index is 0. The van der Waals surface area contributed by atoms with Crippen LogP contribution >= 0.6 is 12.4 Å². The summed E-state index contributed by atoms with van der Waals surface area (Å²) in [5.74, 6) is 0. The topological polar surface area (TPSA) is 3.24 Å². The zero-order chi connectivity index (χ0) is 17.2. The summed E-state index contributed by atoms with van der Waals surface area (Å²) in [6.07, 6.45) is 24.7. The van der Waals surface area contributed by atoms with Gasteiger partial charge in [0.2, 0.25) is 0 Å². The van der Waals surface area contributed by atoms with E-state index in [-0.39, 0.29) is 12.4 Å². The lowest BCUT2D eigenvalue weighted by Gasteiger charge is -2.19. The summed E-state index contributed by atoms with van der Waals surface area (Å²) in [7, 11) is 4.38. The molecule has 148 valence electrons. The van der Waals surface area contributed by atoms with Crippen LogP contribution in [0.1, 0.15) is 123 Å². The molecule has 0 aromatic heterocycles. The van der Waals surface area contributed by atoms with Crippen LogP contribution in [0.25, 0.3) is 0 Å². The minimum absolute atomic E-state index is 0. The Bertz CT molecular complexity index is 218. The van der Waals surface area contributed by atoms with Gasteiger partial charge in [0.1, 0.15) is 0 Å². The lowest BCUT2D eigenvalue weighted by atomic mass is 10.0. The van der Waals surface area contributed by atoms with Crippen LogP contribution in [0.4, 0.5) is 0 Å². The summed E-state index contributed by atoms with van der Waals surface area (Å²) in [5, 5.41) is 0. The molecule has 0 radical (unpaired) electrons. The second-order valence-corrected chi connectivity index (χ2v) is 7.90.